The molecule has 2 aliphatic heterocycles. The molecule has 0 saturated carbocycles. The van der Waals surface area contributed by atoms with Crippen LogP contribution in [0.1, 0.15) is 39.9 Å². The summed E-state index contributed by atoms with van der Waals surface area (Å²) in [5.41, 5.74) is 4.26. The molecule has 6 rings (SSSR count). The molecule has 0 radical (unpaired) electrons. The van der Waals surface area contributed by atoms with Crippen LogP contribution in [0.15, 0.2) is 96.2 Å². The molecule has 9 heteroatoms. The number of rotatable bonds is 10. The minimum Gasteiger partial charge on any atom is -0.352 e. The average molecular weight is 615 g/mol. The molecule has 1 spiro atoms. The van der Waals surface area contributed by atoms with Gasteiger partial charge in [-0.15, -0.1) is 0 Å². The number of ether oxygens (including phenoxy) is 2. The maximum Gasteiger partial charge on any atom is 0.253 e. The molecule has 0 aliphatic carbocycles. The minimum atomic E-state index is -0.486. The number of thioether (sulfide) groups is 1. The van der Waals surface area contributed by atoms with Crippen LogP contribution in [0, 0.1) is 0 Å². The van der Waals surface area contributed by atoms with Crippen LogP contribution in [0.2, 0.25) is 5.15 Å². The number of anilines is 1. The van der Waals surface area contributed by atoms with E-state index in [4.69, 9.17) is 26.1 Å². The molecule has 2 fully saturated rings. The van der Waals surface area contributed by atoms with Crippen molar-refractivity contribution in [2.24, 2.45) is 0 Å². The number of hydrogen-bond donors (Lipinski definition) is 0. The van der Waals surface area contributed by atoms with E-state index < -0.39 is 5.79 Å². The van der Waals surface area contributed by atoms with Gasteiger partial charge in [0.1, 0.15) is 11.0 Å². The summed E-state index contributed by atoms with van der Waals surface area (Å²) in [7, 11) is 0. The number of halogens is 1. The van der Waals surface area contributed by atoms with Gasteiger partial charge in [-0.05, 0) is 35.2 Å². The Hall–Kier alpha value is -3.43. The molecule has 3 aromatic carbocycles. The quantitative estimate of drug-likeness (QED) is 0.113. The number of aromatic nitrogens is 2. The van der Waals surface area contributed by atoms with Gasteiger partial charge in [-0.1, -0.05) is 96.2 Å². The number of benzene rings is 3. The van der Waals surface area contributed by atoms with E-state index in [1.807, 2.05) is 47.4 Å². The summed E-state index contributed by atoms with van der Waals surface area (Å²) < 4.78 is 11.6. The Morgan fingerprint density at radius 3 is 2.19 bits per heavy atom. The first-order chi connectivity index (χ1) is 21.1. The molecule has 4 aromatic rings. The molecule has 1 amide bonds. The monoisotopic (exact) mass is 614 g/mol. The van der Waals surface area contributed by atoms with Gasteiger partial charge in [0.15, 0.2) is 10.9 Å². The number of carbonyl (C=O) groups excluding carboxylic acids is 1. The number of amides is 1. The Kier molecular flexibility index (Phi) is 9.58. The molecule has 0 bridgehead atoms. The first kappa shape index (κ1) is 29.6. The zero-order valence-corrected chi connectivity index (χ0v) is 25.6. The lowest BCUT2D eigenvalue weighted by Crippen LogP contribution is -2.47. The van der Waals surface area contributed by atoms with E-state index in [1.54, 1.807) is 0 Å². The highest BCUT2D eigenvalue weighted by atomic mass is 35.5. The summed E-state index contributed by atoms with van der Waals surface area (Å²) in [6, 6.07) is 30.5. The molecular weight excluding hydrogens is 580 g/mol. The van der Waals surface area contributed by atoms with E-state index in [1.165, 1.54) is 22.9 Å². The fourth-order valence-electron chi connectivity index (χ4n) is 5.51. The molecular formula is C34H35ClN4O3S. The van der Waals surface area contributed by atoms with Crippen molar-refractivity contribution in [1.29, 1.82) is 0 Å². The predicted molar refractivity (Wildman–Crippen MR) is 170 cm³/mol. The van der Waals surface area contributed by atoms with Crippen molar-refractivity contribution in [3.05, 3.63) is 118 Å². The molecule has 0 N–H and O–H groups in total. The average Bonchev–Trinajstić information content (AvgIpc) is 3.50. The zero-order chi connectivity index (χ0) is 29.5. The molecule has 0 unspecified atom stereocenters. The van der Waals surface area contributed by atoms with Crippen molar-refractivity contribution >= 4 is 35.1 Å². The Morgan fingerprint density at radius 1 is 0.860 bits per heavy atom. The fourth-order valence-corrected chi connectivity index (χ4v) is 6.55. The molecule has 2 saturated heterocycles. The number of nitrogens with zero attached hydrogens (tertiary/aromatic N) is 4. The first-order valence-electron chi connectivity index (χ1n) is 14.7. The van der Waals surface area contributed by atoms with E-state index in [-0.39, 0.29) is 5.91 Å². The Morgan fingerprint density at radius 2 is 1.51 bits per heavy atom. The van der Waals surface area contributed by atoms with Crippen molar-refractivity contribution in [2.45, 2.75) is 42.5 Å². The highest BCUT2D eigenvalue weighted by Gasteiger charge is 2.40. The van der Waals surface area contributed by atoms with Gasteiger partial charge in [-0.2, -0.15) is 0 Å². The Labute approximate surface area is 262 Å². The molecule has 1 aromatic heterocycles. The number of carbonyl (C=O) groups is 1. The van der Waals surface area contributed by atoms with Crippen molar-refractivity contribution in [2.75, 3.05) is 37.7 Å². The SMILES string of the molecule is O=C(c1ccc(CSc2nc(Cl)cc(N(CCc3ccccc3)Cc3ccccc3)n2)cc1)N1CCC2(CC1)OCCO2. The lowest BCUT2D eigenvalue weighted by Gasteiger charge is -2.37. The standard InChI is InChI=1S/C34H35ClN4O3S/c35-30-23-31(39(24-27-9-5-2-6-10-27)18-15-26-7-3-1-4-8-26)37-33(36-30)43-25-28-11-13-29(14-12-28)32(40)38-19-16-34(17-20-38)41-21-22-42-34/h1-14,23H,15-22,24-25H2. The van der Waals surface area contributed by atoms with Crippen LogP contribution in [-0.4, -0.2) is 59.4 Å². The Bertz CT molecular complexity index is 1490. The van der Waals surface area contributed by atoms with Crippen LogP contribution < -0.4 is 4.90 Å². The van der Waals surface area contributed by atoms with E-state index in [0.29, 0.717) is 60.8 Å². The topological polar surface area (TPSA) is 67.8 Å². The summed E-state index contributed by atoms with van der Waals surface area (Å²) in [5, 5.41) is 1.04. The van der Waals surface area contributed by atoms with Crippen LogP contribution >= 0.6 is 23.4 Å². The summed E-state index contributed by atoms with van der Waals surface area (Å²) in [6.07, 6.45) is 2.32. The molecule has 2 aliphatic rings. The lowest BCUT2D eigenvalue weighted by molar-refractivity contribution is -0.181. The summed E-state index contributed by atoms with van der Waals surface area (Å²) in [6.45, 7) is 4.06. The molecule has 0 atom stereocenters. The first-order valence-corrected chi connectivity index (χ1v) is 16.1. The summed E-state index contributed by atoms with van der Waals surface area (Å²) in [5.74, 6) is 1.03. The van der Waals surface area contributed by atoms with Crippen LogP contribution in [0.3, 0.4) is 0 Å². The number of likely N-dealkylation sites (tertiary alicyclic amines) is 1. The van der Waals surface area contributed by atoms with Gasteiger partial charge in [0.2, 0.25) is 0 Å². The lowest BCUT2D eigenvalue weighted by atomic mass is 10.0. The second-order valence-corrected chi connectivity index (χ2v) is 12.2. The van der Waals surface area contributed by atoms with Crippen LogP contribution in [0.5, 0.6) is 0 Å². The van der Waals surface area contributed by atoms with Crippen molar-refractivity contribution < 1.29 is 14.3 Å². The van der Waals surface area contributed by atoms with Crippen LogP contribution in [-0.2, 0) is 28.2 Å². The highest BCUT2D eigenvalue weighted by molar-refractivity contribution is 7.98. The van der Waals surface area contributed by atoms with Gasteiger partial charge in [0.05, 0.1) is 13.2 Å². The second-order valence-electron chi connectivity index (χ2n) is 10.9. The molecule has 222 valence electrons. The van der Waals surface area contributed by atoms with Gasteiger partial charge in [-0.3, -0.25) is 4.79 Å². The maximum atomic E-state index is 13.1. The van der Waals surface area contributed by atoms with Crippen molar-refractivity contribution in [3.63, 3.8) is 0 Å². The fraction of sp³-hybridized carbons (Fsp3) is 0.324. The van der Waals surface area contributed by atoms with Gasteiger partial charge in [-0.25, -0.2) is 9.97 Å². The smallest absolute Gasteiger partial charge is 0.253 e. The van der Waals surface area contributed by atoms with Gasteiger partial charge >= 0.3 is 0 Å². The van der Waals surface area contributed by atoms with Crippen molar-refractivity contribution in [3.8, 4) is 0 Å². The predicted octanol–water partition coefficient (Wildman–Crippen LogP) is 6.65. The number of hydrogen-bond acceptors (Lipinski definition) is 7. The van der Waals surface area contributed by atoms with Crippen molar-refractivity contribution in [1.82, 2.24) is 14.9 Å². The highest BCUT2D eigenvalue weighted by Crippen LogP contribution is 2.32. The van der Waals surface area contributed by atoms with Gasteiger partial charge < -0.3 is 19.3 Å². The van der Waals surface area contributed by atoms with E-state index in [9.17, 15) is 4.79 Å². The molecule has 43 heavy (non-hydrogen) atoms. The summed E-state index contributed by atoms with van der Waals surface area (Å²) >= 11 is 8.05. The largest absolute Gasteiger partial charge is 0.352 e. The van der Waals surface area contributed by atoms with Crippen LogP contribution in [0.4, 0.5) is 5.82 Å². The third-order valence-electron chi connectivity index (χ3n) is 7.91. The third-order valence-corrected chi connectivity index (χ3v) is 9.02. The number of piperidine rings is 1. The van der Waals surface area contributed by atoms with E-state index in [0.717, 1.165) is 30.9 Å². The van der Waals surface area contributed by atoms with Gasteiger partial charge in [0, 0.05) is 56.4 Å². The zero-order valence-electron chi connectivity index (χ0n) is 24.0. The van der Waals surface area contributed by atoms with Crippen LogP contribution in [0.25, 0.3) is 0 Å². The van der Waals surface area contributed by atoms with Gasteiger partial charge in [0.25, 0.3) is 5.91 Å². The minimum absolute atomic E-state index is 0.0453. The normalized spacial score (nSPS) is 16.0. The molecule has 3 heterocycles. The Balaban J connectivity index is 1.09. The maximum absolute atomic E-state index is 13.1. The third kappa shape index (κ3) is 7.75. The van der Waals surface area contributed by atoms with E-state index >= 15 is 0 Å². The molecule has 7 nitrogen and oxygen atoms in total. The van der Waals surface area contributed by atoms with E-state index in [2.05, 4.69) is 58.4 Å². The summed E-state index contributed by atoms with van der Waals surface area (Å²) in [4.78, 5) is 26.7. The second kappa shape index (κ2) is 13.9.